The van der Waals surface area contributed by atoms with Gasteiger partial charge < -0.3 is 9.88 Å². The third-order valence-electron chi connectivity index (χ3n) is 6.60. The molecule has 3 amide bonds. The Morgan fingerprint density at radius 3 is 2.70 bits per heavy atom. The molecule has 1 N–H and O–H groups in total. The number of hydrogen-bond acceptors (Lipinski definition) is 3. The van der Waals surface area contributed by atoms with E-state index in [0.717, 1.165) is 29.9 Å². The van der Waals surface area contributed by atoms with Gasteiger partial charge in [-0.1, -0.05) is 25.8 Å². The maximum atomic E-state index is 13.7. The van der Waals surface area contributed by atoms with Gasteiger partial charge in [0.05, 0.1) is 6.54 Å². The van der Waals surface area contributed by atoms with Crippen LogP contribution in [0, 0.1) is 25.6 Å². The van der Waals surface area contributed by atoms with E-state index in [1.165, 1.54) is 12.1 Å². The lowest BCUT2D eigenvalue weighted by atomic mass is 9.73. The van der Waals surface area contributed by atoms with Crippen molar-refractivity contribution in [2.75, 3.05) is 6.54 Å². The number of carbonyl (C=O) groups is 3. The average Bonchev–Trinajstić information content (AvgIpc) is 3.12. The summed E-state index contributed by atoms with van der Waals surface area (Å²) in [6.07, 6.45) is 3.41. The van der Waals surface area contributed by atoms with Gasteiger partial charge in [-0.25, -0.2) is 9.18 Å². The van der Waals surface area contributed by atoms with E-state index in [1.54, 1.807) is 29.7 Å². The summed E-state index contributed by atoms with van der Waals surface area (Å²) >= 11 is 0. The molecule has 2 aliphatic rings. The van der Waals surface area contributed by atoms with Crippen LogP contribution >= 0.6 is 0 Å². The normalized spacial score (nSPS) is 23.9. The predicted molar refractivity (Wildman–Crippen MR) is 110 cm³/mol. The predicted octanol–water partition coefficient (Wildman–Crippen LogP) is 3.92. The van der Waals surface area contributed by atoms with Gasteiger partial charge in [-0.05, 0) is 56.9 Å². The van der Waals surface area contributed by atoms with Crippen molar-refractivity contribution in [3.63, 3.8) is 0 Å². The van der Waals surface area contributed by atoms with Gasteiger partial charge in [-0.15, -0.1) is 0 Å². The first-order chi connectivity index (χ1) is 14.2. The average molecular weight is 411 g/mol. The van der Waals surface area contributed by atoms with Crippen molar-refractivity contribution in [1.82, 2.24) is 14.8 Å². The van der Waals surface area contributed by atoms with Crippen molar-refractivity contribution < 1.29 is 18.8 Å². The van der Waals surface area contributed by atoms with Crippen molar-refractivity contribution in [1.29, 1.82) is 0 Å². The number of urea groups is 1. The van der Waals surface area contributed by atoms with Crippen molar-refractivity contribution in [2.24, 2.45) is 5.92 Å². The zero-order valence-corrected chi connectivity index (χ0v) is 17.5. The van der Waals surface area contributed by atoms with Gasteiger partial charge in [0.1, 0.15) is 11.4 Å². The van der Waals surface area contributed by atoms with Crippen LogP contribution in [-0.2, 0) is 4.79 Å². The van der Waals surface area contributed by atoms with Crippen molar-refractivity contribution in [2.45, 2.75) is 52.0 Å². The number of ketones is 1. The van der Waals surface area contributed by atoms with E-state index >= 15 is 0 Å². The Hall–Kier alpha value is -2.96. The minimum atomic E-state index is -0.881. The number of nitrogens with one attached hydrogen (secondary N) is 1. The molecule has 2 aromatic rings. The Bertz CT molecular complexity index is 1040. The number of aromatic nitrogens is 1. The van der Waals surface area contributed by atoms with Crippen LogP contribution in [-0.4, -0.2) is 39.3 Å². The molecule has 1 aliphatic carbocycles. The summed E-state index contributed by atoms with van der Waals surface area (Å²) in [6.45, 7) is 5.30. The number of rotatable bonds is 4. The molecule has 6 nitrogen and oxygen atoms in total. The molecule has 0 bridgehead atoms. The van der Waals surface area contributed by atoms with Gasteiger partial charge in [-0.2, -0.15) is 0 Å². The van der Waals surface area contributed by atoms with Crippen molar-refractivity contribution in [3.8, 4) is 5.69 Å². The molecule has 0 radical (unpaired) electrons. The summed E-state index contributed by atoms with van der Waals surface area (Å²) in [5.74, 6) is -0.929. The highest BCUT2D eigenvalue weighted by atomic mass is 19.1. The standard InChI is InChI=1S/C23H26FN3O3/c1-14-7-4-5-10-23(14)21(29)26(22(30)25-23)13-20(28)19-11-15(2)27(16(19)3)18-9-6-8-17(24)12-18/h6,8-9,11-12,14H,4-5,7,10,13H2,1-3H3,(H,25,30)/t14-,23+/m0/s1. The molecule has 7 heteroatoms. The van der Waals surface area contributed by atoms with Crippen LogP contribution in [0.2, 0.25) is 0 Å². The largest absolute Gasteiger partial charge is 0.325 e. The van der Waals surface area contributed by atoms with Gasteiger partial charge >= 0.3 is 6.03 Å². The van der Waals surface area contributed by atoms with E-state index in [-0.39, 0.29) is 30.0 Å². The van der Waals surface area contributed by atoms with Gasteiger partial charge in [0.15, 0.2) is 5.78 Å². The number of benzene rings is 1. The third-order valence-corrected chi connectivity index (χ3v) is 6.60. The molecule has 2 fully saturated rings. The minimum absolute atomic E-state index is 0.0424. The van der Waals surface area contributed by atoms with Crippen LogP contribution < -0.4 is 5.32 Å². The number of imide groups is 1. The molecular formula is C23H26FN3O3. The smallest absolute Gasteiger partial charge is 0.323 e. The molecule has 0 unspecified atom stereocenters. The third kappa shape index (κ3) is 3.13. The molecule has 1 spiro atoms. The number of halogens is 1. The first-order valence-electron chi connectivity index (χ1n) is 10.4. The summed E-state index contributed by atoms with van der Waals surface area (Å²) in [5.41, 5.74) is 1.59. The molecule has 1 saturated carbocycles. The zero-order valence-electron chi connectivity index (χ0n) is 17.5. The molecule has 1 aliphatic heterocycles. The highest BCUT2D eigenvalue weighted by molar-refractivity contribution is 6.11. The maximum Gasteiger partial charge on any atom is 0.325 e. The Kier molecular flexibility index (Phi) is 5.00. The zero-order chi connectivity index (χ0) is 21.6. The minimum Gasteiger partial charge on any atom is -0.323 e. The molecule has 2 heterocycles. The summed E-state index contributed by atoms with van der Waals surface area (Å²) in [7, 11) is 0. The topological polar surface area (TPSA) is 71.4 Å². The fraction of sp³-hybridized carbons (Fsp3) is 0.435. The van der Waals surface area contributed by atoms with E-state index in [1.807, 2.05) is 13.8 Å². The van der Waals surface area contributed by atoms with E-state index in [2.05, 4.69) is 5.32 Å². The second-order valence-electron chi connectivity index (χ2n) is 8.46. The van der Waals surface area contributed by atoms with E-state index in [4.69, 9.17) is 0 Å². The molecule has 4 rings (SSSR count). The summed E-state index contributed by atoms with van der Waals surface area (Å²) in [6, 6.07) is 7.37. The second kappa shape index (κ2) is 7.38. The van der Waals surface area contributed by atoms with Gasteiger partial charge in [0.2, 0.25) is 0 Å². The Balaban J connectivity index is 1.60. The fourth-order valence-electron chi connectivity index (χ4n) is 4.93. The molecule has 1 aromatic heterocycles. The van der Waals surface area contributed by atoms with Gasteiger partial charge in [0.25, 0.3) is 5.91 Å². The highest BCUT2D eigenvalue weighted by Crippen LogP contribution is 2.38. The first-order valence-corrected chi connectivity index (χ1v) is 10.4. The molecule has 1 aromatic carbocycles. The molecule has 30 heavy (non-hydrogen) atoms. The maximum absolute atomic E-state index is 13.7. The monoisotopic (exact) mass is 411 g/mol. The van der Waals surface area contributed by atoms with Gasteiger partial charge in [-0.3, -0.25) is 14.5 Å². The van der Waals surface area contributed by atoms with Crippen LogP contribution in [0.25, 0.3) is 5.69 Å². The van der Waals surface area contributed by atoms with E-state index < -0.39 is 11.6 Å². The van der Waals surface area contributed by atoms with E-state index in [9.17, 15) is 18.8 Å². The van der Waals surface area contributed by atoms with Crippen LogP contribution in [0.5, 0.6) is 0 Å². The van der Waals surface area contributed by atoms with Crippen LogP contribution in [0.15, 0.2) is 30.3 Å². The van der Waals surface area contributed by atoms with Crippen molar-refractivity contribution in [3.05, 3.63) is 53.1 Å². The Morgan fingerprint density at radius 2 is 2.00 bits per heavy atom. The quantitative estimate of drug-likeness (QED) is 0.612. The fourth-order valence-corrected chi connectivity index (χ4v) is 4.93. The van der Waals surface area contributed by atoms with Crippen molar-refractivity contribution >= 4 is 17.7 Å². The number of Topliss-reactive ketones (excluding diaryl/α,β-unsaturated/α-hetero) is 1. The number of aryl methyl sites for hydroxylation is 1. The number of carbonyl (C=O) groups excluding carboxylic acids is 3. The Labute approximate surface area is 175 Å². The second-order valence-corrected chi connectivity index (χ2v) is 8.46. The number of hydrogen-bond donors (Lipinski definition) is 1. The van der Waals surface area contributed by atoms with Gasteiger partial charge in [0, 0.05) is 22.6 Å². The lowest BCUT2D eigenvalue weighted by Gasteiger charge is -2.36. The molecule has 2 atom stereocenters. The number of nitrogens with zero attached hydrogens (tertiary/aromatic N) is 2. The summed E-state index contributed by atoms with van der Waals surface area (Å²) in [4.78, 5) is 39.8. The molecule has 1 saturated heterocycles. The summed E-state index contributed by atoms with van der Waals surface area (Å²) in [5, 5.41) is 2.88. The summed E-state index contributed by atoms with van der Waals surface area (Å²) < 4.78 is 15.5. The molecular weight excluding hydrogens is 385 g/mol. The van der Waals surface area contributed by atoms with Crippen LogP contribution in [0.3, 0.4) is 0 Å². The highest BCUT2D eigenvalue weighted by Gasteiger charge is 2.55. The van der Waals surface area contributed by atoms with E-state index in [0.29, 0.717) is 23.4 Å². The Morgan fingerprint density at radius 1 is 1.23 bits per heavy atom. The lowest BCUT2D eigenvalue weighted by Crippen LogP contribution is -2.54. The molecule has 158 valence electrons. The first kappa shape index (κ1) is 20.3. The van der Waals surface area contributed by atoms with Crippen LogP contribution in [0.1, 0.15) is 54.4 Å². The lowest BCUT2D eigenvalue weighted by molar-refractivity contribution is -0.133. The van der Waals surface area contributed by atoms with Crippen LogP contribution in [0.4, 0.5) is 9.18 Å². The SMILES string of the molecule is Cc1cc(C(=O)CN2C(=O)N[C@@]3(CCCC[C@@H]3C)C2=O)c(C)n1-c1cccc(F)c1. The number of amides is 3.